The minimum Gasteiger partial charge on any atom is -0.459 e. The summed E-state index contributed by atoms with van der Waals surface area (Å²) in [4.78, 5) is 43.7. The first-order chi connectivity index (χ1) is 16.7. The predicted molar refractivity (Wildman–Crippen MR) is 136 cm³/mol. The fourth-order valence-corrected chi connectivity index (χ4v) is 5.32. The highest BCUT2D eigenvalue weighted by atomic mass is 32.2. The lowest BCUT2D eigenvalue weighted by atomic mass is 9.96. The fourth-order valence-electron chi connectivity index (χ4n) is 3.88. The SMILES string of the molecule is CSc1ccc(C2C(C(=O)OC(C)C)=C(C)N=c3sc(=Cc4ccccc4[N+](=O)[O-])c(=O)n32)cc1. The Labute approximate surface area is 209 Å². The summed E-state index contributed by atoms with van der Waals surface area (Å²) in [5.74, 6) is -0.534. The highest BCUT2D eigenvalue weighted by Crippen LogP contribution is 2.32. The van der Waals surface area contributed by atoms with Gasteiger partial charge in [0.1, 0.15) is 0 Å². The molecule has 0 saturated heterocycles. The molecule has 0 fully saturated rings. The van der Waals surface area contributed by atoms with E-state index in [9.17, 15) is 19.7 Å². The number of para-hydroxylation sites is 1. The lowest BCUT2D eigenvalue weighted by Gasteiger charge is -2.25. The van der Waals surface area contributed by atoms with E-state index in [1.165, 1.54) is 16.7 Å². The first kappa shape index (κ1) is 24.6. The molecule has 1 unspecified atom stereocenters. The van der Waals surface area contributed by atoms with Crippen LogP contribution in [0.3, 0.4) is 0 Å². The van der Waals surface area contributed by atoms with Crippen LogP contribution in [0.4, 0.5) is 5.69 Å². The third-order valence-electron chi connectivity index (χ3n) is 5.44. The van der Waals surface area contributed by atoms with Crippen molar-refractivity contribution in [1.29, 1.82) is 0 Å². The van der Waals surface area contributed by atoms with Gasteiger partial charge in [-0.05, 0) is 56.9 Å². The van der Waals surface area contributed by atoms with E-state index in [1.807, 2.05) is 30.5 Å². The van der Waals surface area contributed by atoms with Crippen LogP contribution in [0.1, 0.15) is 37.9 Å². The van der Waals surface area contributed by atoms with Crippen LogP contribution in [0.2, 0.25) is 0 Å². The molecule has 1 atom stereocenters. The number of ether oxygens (including phenoxy) is 1. The topological polar surface area (TPSA) is 104 Å². The number of nitrogens with zero attached hydrogens (tertiary/aromatic N) is 3. The number of nitro benzene ring substituents is 1. The molecule has 0 N–H and O–H groups in total. The van der Waals surface area contributed by atoms with Gasteiger partial charge in [-0.25, -0.2) is 9.79 Å². The molecule has 8 nitrogen and oxygen atoms in total. The van der Waals surface area contributed by atoms with Crippen LogP contribution < -0.4 is 14.9 Å². The Balaban J connectivity index is 1.96. The van der Waals surface area contributed by atoms with Gasteiger partial charge >= 0.3 is 5.97 Å². The predicted octanol–water partition coefficient (Wildman–Crippen LogP) is 3.82. The second kappa shape index (κ2) is 10.0. The maximum Gasteiger partial charge on any atom is 0.338 e. The average Bonchev–Trinajstić information content (AvgIpc) is 3.12. The zero-order valence-electron chi connectivity index (χ0n) is 19.6. The lowest BCUT2D eigenvalue weighted by Crippen LogP contribution is -2.40. The number of rotatable bonds is 6. The number of carbonyl (C=O) groups excluding carboxylic acids is 1. The maximum absolute atomic E-state index is 13.6. The maximum atomic E-state index is 13.6. The summed E-state index contributed by atoms with van der Waals surface area (Å²) in [5, 5.41) is 11.5. The van der Waals surface area contributed by atoms with E-state index in [0.29, 0.717) is 21.6 Å². The van der Waals surface area contributed by atoms with E-state index >= 15 is 0 Å². The second-order valence-corrected chi connectivity index (χ2v) is 10.0. The van der Waals surface area contributed by atoms with Gasteiger partial charge in [0.25, 0.3) is 11.2 Å². The van der Waals surface area contributed by atoms with Crippen LogP contribution >= 0.6 is 23.1 Å². The van der Waals surface area contributed by atoms with Crippen LogP contribution in [0, 0.1) is 10.1 Å². The summed E-state index contributed by atoms with van der Waals surface area (Å²) in [7, 11) is 0. The van der Waals surface area contributed by atoms with Crippen LogP contribution in [0.15, 0.2) is 74.5 Å². The Bertz CT molecular complexity index is 1520. The zero-order valence-corrected chi connectivity index (χ0v) is 21.2. The molecule has 1 aliphatic rings. The molecule has 0 spiro atoms. The van der Waals surface area contributed by atoms with E-state index < -0.39 is 16.9 Å². The molecule has 2 aromatic carbocycles. The van der Waals surface area contributed by atoms with Gasteiger partial charge in [-0.15, -0.1) is 11.8 Å². The molecular formula is C25H23N3O5S2. The number of hydrogen-bond acceptors (Lipinski definition) is 8. The summed E-state index contributed by atoms with van der Waals surface area (Å²) in [6.07, 6.45) is 3.13. The molecule has 2 heterocycles. The largest absolute Gasteiger partial charge is 0.459 e. The summed E-state index contributed by atoms with van der Waals surface area (Å²) >= 11 is 2.72. The number of fused-ring (bicyclic) bond motifs is 1. The summed E-state index contributed by atoms with van der Waals surface area (Å²) in [6, 6.07) is 13.1. The number of allylic oxidation sites excluding steroid dienone is 1. The molecule has 0 amide bonds. The van der Waals surface area contributed by atoms with Crippen molar-refractivity contribution in [3.05, 3.63) is 101 Å². The fraction of sp³-hybridized carbons (Fsp3) is 0.240. The van der Waals surface area contributed by atoms with Crippen molar-refractivity contribution in [2.24, 2.45) is 4.99 Å². The molecular weight excluding hydrogens is 486 g/mol. The van der Waals surface area contributed by atoms with Crippen molar-refractivity contribution in [3.8, 4) is 0 Å². The molecule has 10 heteroatoms. The van der Waals surface area contributed by atoms with E-state index in [4.69, 9.17) is 4.74 Å². The van der Waals surface area contributed by atoms with Crippen LogP contribution in [0.5, 0.6) is 0 Å². The Kier molecular flexibility index (Phi) is 7.04. The van der Waals surface area contributed by atoms with Gasteiger partial charge in [-0.2, -0.15) is 0 Å². The number of benzene rings is 2. The molecule has 1 aromatic heterocycles. The summed E-state index contributed by atoms with van der Waals surface area (Å²) in [6.45, 7) is 5.25. The van der Waals surface area contributed by atoms with E-state index in [-0.39, 0.29) is 21.9 Å². The molecule has 0 radical (unpaired) electrons. The number of carbonyl (C=O) groups is 1. The van der Waals surface area contributed by atoms with E-state index in [0.717, 1.165) is 21.8 Å². The normalized spacial score (nSPS) is 15.7. The highest BCUT2D eigenvalue weighted by molar-refractivity contribution is 7.98. The molecule has 0 saturated carbocycles. The molecule has 180 valence electrons. The van der Waals surface area contributed by atoms with Gasteiger partial charge in [0, 0.05) is 11.0 Å². The van der Waals surface area contributed by atoms with Gasteiger partial charge in [0.05, 0.1) is 38.4 Å². The lowest BCUT2D eigenvalue weighted by molar-refractivity contribution is -0.385. The average molecular weight is 510 g/mol. The smallest absolute Gasteiger partial charge is 0.338 e. The monoisotopic (exact) mass is 509 g/mol. The number of aromatic nitrogens is 1. The second-order valence-electron chi connectivity index (χ2n) is 8.12. The molecule has 0 aliphatic carbocycles. The van der Waals surface area contributed by atoms with E-state index in [1.54, 1.807) is 50.7 Å². The van der Waals surface area contributed by atoms with E-state index in [2.05, 4.69) is 4.99 Å². The van der Waals surface area contributed by atoms with Crippen molar-refractivity contribution >= 4 is 40.8 Å². The first-order valence-electron chi connectivity index (χ1n) is 10.8. The third-order valence-corrected chi connectivity index (χ3v) is 7.16. The number of esters is 1. The van der Waals surface area contributed by atoms with Crippen LogP contribution in [0.25, 0.3) is 6.08 Å². The van der Waals surface area contributed by atoms with Crippen LogP contribution in [-0.4, -0.2) is 27.8 Å². The molecule has 1 aliphatic heterocycles. The van der Waals surface area contributed by atoms with Gasteiger partial charge in [0.15, 0.2) is 4.80 Å². The number of thiazole rings is 1. The van der Waals surface area contributed by atoms with Gasteiger partial charge in [-0.1, -0.05) is 35.6 Å². The van der Waals surface area contributed by atoms with Gasteiger partial charge in [0.2, 0.25) is 0 Å². The first-order valence-corrected chi connectivity index (χ1v) is 12.9. The Morgan fingerprint density at radius 1 is 1.23 bits per heavy atom. The zero-order chi connectivity index (χ0) is 25.3. The summed E-state index contributed by atoms with van der Waals surface area (Å²) < 4.78 is 7.26. The van der Waals surface area contributed by atoms with Crippen molar-refractivity contribution in [3.63, 3.8) is 0 Å². The van der Waals surface area contributed by atoms with Crippen molar-refractivity contribution < 1.29 is 14.5 Å². The Morgan fingerprint density at radius 2 is 1.91 bits per heavy atom. The minimum absolute atomic E-state index is 0.0973. The van der Waals surface area contributed by atoms with Gasteiger partial charge < -0.3 is 4.74 Å². The quantitative estimate of drug-likeness (QED) is 0.217. The number of thioether (sulfide) groups is 1. The molecule has 0 bridgehead atoms. The van der Waals surface area contributed by atoms with Crippen molar-refractivity contribution in [1.82, 2.24) is 4.57 Å². The third kappa shape index (κ3) is 4.85. The Morgan fingerprint density at radius 3 is 2.54 bits per heavy atom. The van der Waals surface area contributed by atoms with Crippen molar-refractivity contribution in [2.45, 2.75) is 37.8 Å². The minimum atomic E-state index is -0.735. The standard InChI is InChI=1S/C25H23N3O5S2/c1-14(2)33-24(30)21-15(3)26-25-27(22(21)16-9-11-18(34-4)12-10-16)23(29)20(35-25)13-17-7-5-6-8-19(17)28(31)32/h5-14,22H,1-4H3. The number of hydrogen-bond donors (Lipinski definition) is 0. The van der Waals surface area contributed by atoms with Crippen molar-refractivity contribution in [2.75, 3.05) is 6.26 Å². The highest BCUT2D eigenvalue weighted by Gasteiger charge is 2.33. The molecule has 3 aromatic rings. The Hall–Kier alpha value is -3.50. The van der Waals surface area contributed by atoms with Crippen LogP contribution in [-0.2, 0) is 9.53 Å². The molecule has 35 heavy (non-hydrogen) atoms. The van der Waals surface area contributed by atoms with Gasteiger partial charge in [-0.3, -0.25) is 19.5 Å². The summed E-state index contributed by atoms with van der Waals surface area (Å²) in [5.41, 5.74) is 1.34. The number of nitro groups is 1. The molecule has 4 rings (SSSR count).